The minimum absolute atomic E-state index is 0.0313. The molecule has 0 fully saturated rings. The monoisotopic (exact) mass is 500 g/mol. The van der Waals surface area contributed by atoms with Gasteiger partial charge in [0, 0.05) is 0 Å². The predicted octanol–water partition coefficient (Wildman–Crippen LogP) is 5.35. The summed E-state index contributed by atoms with van der Waals surface area (Å²) in [5, 5.41) is 9.82. The Bertz CT molecular complexity index is 679. The van der Waals surface area contributed by atoms with Gasteiger partial charge in [0.15, 0.2) is 0 Å². The van der Waals surface area contributed by atoms with Gasteiger partial charge >= 0.3 is 7.82 Å². The first-order valence-electron chi connectivity index (χ1n) is 12.1. The van der Waals surface area contributed by atoms with Crippen molar-refractivity contribution in [3.63, 3.8) is 0 Å². The second kappa shape index (κ2) is 21.0. The molecule has 0 spiro atoms. The van der Waals surface area contributed by atoms with Crippen LogP contribution in [-0.2, 0) is 18.3 Å². The fraction of sp³-hybridized carbons (Fsp3) is 0.615. The number of nitrogens with zero attached hydrogens (tertiary/aromatic N) is 1. The Labute approximate surface area is 207 Å². The van der Waals surface area contributed by atoms with Crippen LogP contribution in [0.1, 0.15) is 45.4 Å². The summed E-state index contributed by atoms with van der Waals surface area (Å²) in [6.45, 7) is 2.97. The maximum absolute atomic E-state index is 11.8. The molecule has 2 unspecified atom stereocenters. The maximum Gasteiger partial charge on any atom is 0.472 e. The Morgan fingerprint density at radius 2 is 1.26 bits per heavy atom. The van der Waals surface area contributed by atoms with Crippen molar-refractivity contribution in [3.05, 3.63) is 60.8 Å². The van der Waals surface area contributed by atoms with Gasteiger partial charge in [-0.05, 0) is 38.5 Å². The van der Waals surface area contributed by atoms with Crippen LogP contribution in [0.3, 0.4) is 0 Å². The van der Waals surface area contributed by atoms with Crippen LogP contribution < -0.4 is 0 Å². The van der Waals surface area contributed by atoms with Crippen LogP contribution >= 0.6 is 7.82 Å². The van der Waals surface area contributed by atoms with Gasteiger partial charge in [-0.15, -0.1) is 0 Å². The van der Waals surface area contributed by atoms with Crippen molar-refractivity contribution in [1.29, 1.82) is 0 Å². The van der Waals surface area contributed by atoms with Gasteiger partial charge in [0.25, 0.3) is 0 Å². The smallest absolute Gasteiger partial charge is 0.388 e. The molecule has 7 nitrogen and oxygen atoms in total. The van der Waals surface area contributed by atoms with Crippen LogP contribution in [0.25, 0.3) is 0 Å². The molecule has 0 bridgehead atoms. The molecule has 8 heteroatoms. The molecule has 196 valence electrons. The number of phosphoric acid groups is 1. The Balaban J connectivity index is 3.69. The number of ether oxygens (including phenoxy) is 1. The first-order chi connectivity index (χ1) is 16.2. The first kappa shape index (κ1) is 32.7. The minimum atomic E-state index is -4.16. The van der Waals surface area contributed by atoms with Crippen molar-refractivity contribution in [1.82, 2.24) is 0 Å². The number of hydrogen-bond acceptors (Lipinski definition) is 5. The van der Waals surface area contributed by atoms with E-state index >= 15 is 0 Å². The number of hydrogen-bond donors (Lipinski definition) is 2. The van der Waals surface area contributed by atoms with Crippen molar-refractivity contribution in [3.8, 4) is 0 Å². The fourth-order valence-corrected chi connectivity index (χ4v) is 3.18. The van der Waals surface area contributed by atoms with E-state index in [2.05, 4.69) is 61.6 Å². The van der Waals surface area contributed by atoms with Crippen molar-refractivity contribution >= 4 is 7.82 Å². The molecule has 0 aromatic heterocycles. The van der Waals surface area contributed by atoms with E-state index in [1.54, 1.807) is 0 Å². The molecule has 34 heavy (non-hydrogen) atoms. The largest absolute Gasteiger partial charge is 0.472 e. The van der Waals surface area contributed by atoms with Crippen LogP contribution in [0.15, 0.2) is 60.8 Å². The SMILES string of the molecule is CC/C=C\C/C=C\C/C=C\C/C=C\C/C=C\CCOCC(O)COP(=O)(O)OCC[N+](C)(C)C. The standard InChI is InChI=1S/C26H46NO6P/c1-5-6-7-8-9-10-11-12-13-14-15-16-17-18-19-20-22-31-24-26(28)25-33-34(29,30)32-23-21-27(2,3)4/h6-7,9-10,12-13,15-16,18-19,26,28H,5,8,11,14,17,20-25H2,1-4H3/p+1/b7-6-,10-9-,13-12-,16-15-,19-18-. The lowest BCUT2D eigenvalue weighted by molar-refractivity contribution is -0.870. The number of phosphoric ester groups is 1. The average molecular weight is 501 g/mol. The first-order valence-corrected chi connectivity index (χ1v) is 13.6. The third kappa shape index (κ3) is 25.3. The van der Waals surface area contributed by atoms with Gasteiger partial charge in [-0.1, -0.05) is 67.7 Å². The summed E-state index contributed by atoms with van der Waals surface area (Å²) >= 11 is 0. The zero-order valence-electron chi connectivity index (χ0n) is 21.6. The molecular weight excluding hydrogens is 453 g/mol. The highest BCUT2D eigenvalue weighted by molar-refractivity contribution is 7.47. The fourth-order valence-electron chi connectivity index (χ4n) is 2.43. The summed E-state index contributed by atoms with van der Waals surface area (Å²) in [5.41, 5.74) is 0. The number of allylic oxidation sites excluding steroid dienone is 9. The van der Waals surface area contributed by atoms with E-state index < -0.39 is 13.9 Å². The van der Waals surface area contributed by atoms with E-state index in [4.69, 9.17) is 13.8 Å². The molecule has 0 saturated heterocycles. The molecule has 0 aliphatic heterocycles. The summed E-state index contributed by atoms with van der Waals surface area (Å²) in [5.74, 6) is 0. The second-order valence-electron chi connectivity index (χ2n) is 8.84. The lowest BCUT2D eigenvalue weighted by Crippen LogP contribution is -2.37. The van der Waals surface area contributed by atoms with E-state index in [1.165, 1.54) is 0 Å². The minimum Gasteiger partial charge on any atom is -0.388 e. The highest BCUT2D eigenvalue weighted by Crippen LogP contribution is 2.43. The lowest BCUT2D eigenvalue weighted by Gasteiger charge is -2.24. The van der Waals surface area contributed by atoms with Crippen LogP contribution in [0, 0.1) is 0 Å². The van der Waals surface area contributed by atoms with E-state index in [0.717, 1.165) is 38.5 Å². The van der Waals surface area contributed by atoms with Crippen molar-refractivity contribution < 1.29 is 32.8 Å². The van der Waals surface area contributed by atoms with Crippen molar-refractivity contribution in [2.24, 2.45) is 0 Å². The molecule has 0 radical (unpaired) electrons. The van der Waals surface area contributed by atoms with Gasteiger partial charge in [-0.3, -0.25) is 9.05 Å². The molecule has 0 heterocycles. The molecule has 0 aromatic rings. The number of aliphatic hydroxyl groups is 1. The maximum atomic E-state index is 11.8. The summed E-state index contributed by atoms with van der Waals surface area (Å²) < 4.78 is 27.5. The molecule has 0 rings (SSSR count). The van der Waals surface area contributed by atoms with Crippen LogP contribution in [0.2, 0.25) is 0 Å². The predicted molar refractivity (Wildman–Crippen MR) is 141 cm³/mol. The highest BCUT2D eigenvalue weighted by atomic mass is 31.2. The zero-order chi connectivity index (χ0) is 25.5. The normalized spacial score (nSPS) is 16.1. The Morgan fingerprint density at radius 1 is 0.765 bits per heavy atom. The second-order valence-corrected chi connectivity index (χ2v) is 10.3. The van der Waals surface area contributed by atoms with Crippen molar-refractivity contribution in [2.75, 3.05) is 54.1 Å². The third-order valence-electron chi connectivity index (χ3n) is 4.34. The number of aliphatic hydroxyl groups excluding tert-OH is 1. The van der Waals surface area contributed by atoms with E-state index in [-0.39, 0.29) is 19.8 Å². The lowest BCUT2D eigenvalue weighted by atomic mass is 10.2. The molecule has 2 N–H and O–H groups in total. The number of likely N-dealkylation sites (N-methyl/N-ethyl adjacent to an activating group) is 1. The van der Waals surface area contributed by atoms with Crippen LogP contribution in [0.5, 0.6) is 0 Å². The summed E-state index contributed by atoms with van der Waals surface area (Å²) in [4.78, 5) is 9.62. The molecule has 0 aliphatic carbocycles. The zero-order valence-corrected chi connectivity index (χ0v) is 22.4. The van der Waals surface area contributed by atoms with E-state index in [0.29, 0.717) is 17.6 Å². The molecule has 0 saturated carbocycles. The van der Waals surface area contributed by atoms with Gasteiger partial charge in [0.05, 0.1) is 41.0 Å². The van der Waals surface area contributed by atoms with Gasteiger partial charge in [-0.2, -0.15) is 0 Å². The average Bonchev–Trinajstić information content (AvgIpc) is 2.76. The van der Waals surface area contributed by atoms with Gasteiger partial charge < -0.3 is 19.2 Å². The summed E-state index contributed by atoms with van der Waals surface area (Å²) in [6, 6.07) is 0. The number of rotatable bonds is 21. The molecule has 0 aromatic carbocycles. The Kier molecular flexibility index (Phi) is 20.2. The molecule has 2 atom stereocenters. The Hall–Kier alpha value is -1.31. The Morgan fingerprint density at radius 3 is 1.76 bits per heavy atom. The van der Waals surface area contributed by atoms with Crippen LogP contribution in [-0.4, -0.2) is 74.7 Å². The van der Waals surface area contributed by atoms with Crippen molar-refractivity contribution in [2.45, 2.75) is 51.6 Å². The summed E-state index contributed by atoms with van der Waals surface area (Å²) in [7, 11) is 1.69. The van der Waals surface area contributed by atoms with E-state index in [1.807, 2.05) is 27.2 Å². The highest BCUT2D eigenvalue weighted by Gasteiger charge is 2.23. The summed E-state index contributed by atoms with van der Waals surface area (Å²) in [6.07, 6.45) is 26.1. The van der Waals surface area contributed by atoms with Gasteiger partial charge in [0.2, 0.25) is 0 Å². The quantitative estimate of drug-likeness (QED) is 0.0957. The third-order valence-corrected chi connectivity index (χ3v) is 5.33. The molecular formula is C26H47NO6P+. The topological polar surface area (TPSA) is 85.2 Å². The van der Waals surface area contributed by atoms with Gasteiger partial charge in [-0.25, -0.2) is 4.57 Å². The molecule has 0 aliphatic rings. The van der Waals surface area contributed by atoms with E-state index in [9.17, 15) is 14.6 Å². The van der Waals surface area contributed by atoms with Crippen LogP contribution in [0.4, 0.5) is 0 Å². The molecule has 0 amide bonds. The van der Waals surface area contributed by atoms with Gasteiger partial charge in [0.1, 0.15) is 19.3 Å². The number of quaternary nitrogens is 1.